The first-order valence-corrected chi connectivity index (χ1v) is 9.93. The number of rotatable bonds is 7. The molecule has 0 unspecified atom stereocenters. The van der Waals surface area contributed by atoms with Gasteiger partial charge in [0, 0.05) is 19.2 Å². The summed E-state index contributed by atoms with van der Waals surface area (Å²) in [5, 5.41) is 2.55. The summed E-state index contributed by atoms with van der Waals surface area (Å²) < 4.78 is 7.77. The second-order valence-electron chi connectivity index (χ2n) is 7.39. The number of benzene rings is 1. The van der Waals surface area contributed by atoms with Crippen molar-refractivity contribution in [1.82, 2.24) is 19.8 Å². The fourth-order valence-electron chi connectivity index (χ4n) is 3.36. The maximum absolute atomic E-state index is 12.5. The number of aromatic nitrogens is 2. The molecule has 0 saturated carbocycles. The zero-order chi connectivity index (χ0) is 21.7. The molecular formula is C22H26N4O4. The molecule has 3 amide bonds. The van der Waals surface area contributed by atoms with Crippen molar-refractivity contribution in [3.8, 4) is 5.75 Å². The smallest absolute Gasteiger partial charge is 0.277 e. The van der Waals surface area contributed by atoms with Crippen molar-refractivity contribution in [2.24, 2.45) is 0 Å². The second-order valence-corrected chi connectivity index (χ2v) is 7.39. The number of nitrogens with zero attached hydrogens (tertiary/aromatic N) is 3. The molecule has 0 spiro atoms. The zero-order valence-corrected chi connectivity index (χ0v) is 17.4. The second kappa shape index (κ2) is 9.39. The number of imidazole rings is 1. The van der Waals surface area contributed by atoms with E-state index >= 15 is 0 Å². The molecule has 1 aromatic heterocycles. The average Bonchev–Trinajstić information content (AvgIpc) is 3.11. The van der Waals surface area contributed by atoms with E-state index in [1.165, 1.54) is 6.92 Å². The number of piperazine rings is 1. The lowest BCUT2D eigenvalue weighted by Crippen LogP contribution is -2.51. The van der Waals surface area contributed by atoms with Gasteiger partial charge >= 0.3 is 0 Å². The Morgan fingerprint density at radius 3 is 2.67 bits per heavy atom. The van der Waals surface area contributed by atoms with Gasteiger partial charge < -0.3 is 14.6 Å². The number of hydrogen-bond acceptors (Lipinski definition) is 5. The molecule has 30 heavy (non-hydrogen) atoms. The Morgan fingerprint density at radius 2 is 2.00 bits per heavy atom. The fourth-order valence-corrected chi connectivity index (χ4v) is 3.36. The van der Waals surface area contributed by atoms with Crippen LogP contribution in [0.25, 0.3) is 6.08 Å². The number of para-hydroxylation sites is 1. The maximum Gasteiger partial charge on any atom is 0.277 e. The number of imide groups is 1. The molecule has 0 aliphatic carbocycles. The van der Waals surface area contributed by atoms with Crippen LogP contribution < -0.4 is 10.1 Å². The van der Waals surface area contributed by atoms with E-state index in [1.807, 2.05) is 48.7 Å². The van der Waals surface area contributed by atoms with Gasteiger partial charge in [-0.1, -0.05) is 32.0 Å². The lowest BCUT2D eigenvalue weighted by atomic mass is 10.1. The SMILES string of the molecule is CC(=O)N1CC(=O)N/C(=C\c2ncn(CCCOc3ccccc3)c2C(C)C)C1=O. The van der Waals surface area contributed by atoms with Gasteiger partial charge in [0.25, 0.3) is 5.91 Å². The van der Waals surface area contributed by atoms with E-state index in [0.717, 1.165) is 22.8 Å². The first-order valence-electron chi connectivity index (χ1n) is 9.93. The van der Waals surface area contributed by atoms with Crippen LogP contribution in [0.3, 0.4) is 0 Å². The number of hydrogen-bond donors (Lipinski definition) is 1. The third-order valence-corrected chi connectivity index (χ3v) is 4.72. The van der Waals surface area contributed by atoms with E-state index in [-0.39, 0.29) is 18.2 Å². The van der Waals surface area contributed by atoms with Gasteiger partial charge in [0.15, 0.2) is 0 Å². The minimum Gasteiger partial charge on any atom is -0.494 e. The molecule has 158 valence electrons. The highest BCUT2D eigenvalue weighted by molar-refractivity contribution is 6.12. The van der Waals surface area contributed by atoms with E-state index in [2.05, 4.69) is 10.3 Å². The summed E-state index contributed by atoms with van der Waals surface area (Å²) in [5.41, 5.74) is 1.60. The van der Waals surface area contributed by atoms with Crippen LogP contribution in [-0.2, 0) is 20.9 Å². The monoisotopic (exact) mass is 410 g/mol. The van der Waals surface area contributed by atoms with Crippen molar-refractivity contribution >= 4 is 23.8 Å². The Balaban J connectivity index is 1.73. The molecule has 8 heteroatoms. The Morgan fingerprint density at radius 1 is 1.27 bits per heavy atom. The van der Waals surface area contributed by atoms with E-state index < -0.39 is 17.7 Å². The van der Waals surface area contributed by atoms with E-state index in [0.29, 0.717) is 18.8 Å². The van der Waals surface area contributed by atoms with Crippen LogP contribution in [0.1, 0.15) is 44.5 Å². The zero-order valence-electron chi connectivity index (χ0n) is 17.4. The minimum atomic E-state index is -0.525. The van der Waals surface area contributed by atoms with Crippen molar-refractivity contribution in [1.29, 1.82) is 0 Å². The van der Waals surface area contributed by atoms with Gasteiger partial charge in [-0.3, -0.25) is 19.3 Å². The minimum absolute atomic E-state index is 0.0565. The lowest BCUT2D eigenvalue weighted by molar-refractivity contribution is -0.147. The summed E-state index contributed by atoms with van der Waals surface area (Å²) in [6.45, 7) is 6.35. The van der Waals surface area contributed by atoms with Crippen LogP contribution in [0.15, 0.2) is 42.4 Å². The van der Waals surface area contributed by atoms with Crippen molar-refractivity contribution in [3.63, 3.8) is 0 Å². The van der Waals surface area contributed by atoms with E-state index in [1.54, 1.807) is 12.4 Å². The molecule has 1 saturated heterocycles. The standard InChI is InChI=1S/C22H26N4O4/c1-15(2)21-18(12-19-22(29)26(16(3)27)13-20(28)24-19)23-14-25(21)10-7-11-30-17-8-5-4-6-9-17/h4-6,8-9,12,14-15H,7,10-11,13H2,1-3H3,(H,24,28)/b19-12-. The van der Waals surface area contributed by atoms with E-state index in [4.69, 9.17) is 4.74 Å². The Kier molecular flexibility index (Phi) is 6.66. The third kappa shape index (κ3) is 4.94. The molecule has 0 radical (unpaired) electrons. The van der Waals surface area contributed by atoms with Crippen LogP contribution in [-0.4, -0.2) is 45.3 Å². The van der Waals surface area contributed by atoms with Crippen LogP contribution in [0.5, 0.6) is 5.75 Å². The molecule has 1 aromatic carbocycles. The molecule has 3 rings (SSSR count). The molecule has 1 aliphatic rings. The van der Waals surface area contributed by atoms with Crippen molar-refractivity contribution < 1.29 is 19.1 Å². The van der Waals surface area contributed by atoms with Crippen LogP contribution in [0.2, 0.25) is 0 Å². The van der Waals surface area contributed by atoms with Crippen molar-refractivity contribution in [2.75, 3.05) is 13.2 Å². The molecule has 1 fully saturated rings. The number of carbonyl (C=O) groups is 3. The van der Waals surface area contributed by atoms with Gasteiger partial charge in [-0.25, -0.2) is 4.98 Å². The molecular weight excluding hydrogens is 384 g/mol. The first kappa shape index (κ1) is 21.3. The van der Waals surface area contributed by atoms with Gasteiger partial charge in [0.1, 0.15) is 18.0 Å². The highest BCUT2D eigenvalue weighted by Crippen LogP contribution is 2.22. The Labute approximate surface area is 175 Å². The summed E-state index contributed by atoms with van der Waals surface area (Å²) in [5.74, 6) is -0.414. The maximum atomic E-state index is 12.5. The van der Waals surface area contributed by atoms with Crippen molar-refractivity contribution in [2.45, 2.75) is 39.7 Å². The molecule has 2 heterocycles. The van der Waals surface area contributed by atoms with Gasteiger partial charge in [-0.05, 0) is 30.5 Å². The molecule has 0 atom stereocenters. The third-order valence-electron chi connectivity index (χ3n) is 4.72. The summed E-state index contributed by atoms with van der Waals surface area (Å²) in [6.07, 6.45) is 4.05. The number of aryl methyl sites for hydroxylation is 1. The van der Waals surface area contributed by atoms with Gasteiger partial charge in [-0.2, -0.15) is 0 Å². The largest absolute Gasteiger partial charge is 0.494 e. The Hall–Kier alpha value is -3.42. The Bertz CT molecular complexity index is 963. The quantitative estimate of drug-likeness (QED) is 0.559. The highest BCUT2D eigenvalue weighted by atomic mass is 16.5. The summed E-state index contributed by atoms with van der Waals surface area (Å²) in [4.78, 5) is 41.4. The summed E-state index contributed by atoms with van der Waals surface area (Å²) in [6, 6.07) is 9.64. The van der Waals surface area contributed by atoms with Crippen LogP contribution in [0, 0.1) is 0 Å². The van der Waals surface area contributed by atoms with Crippen LogP contribution >= 0.6 is 0 Å². The molecule has 0 bridgehead atoms. The number of nitrogens with one attached hydrogen (secondary N) is 1. The first-order chi connectivity index (χ1) is 14.4. The summed E-state index contributed by atoms with van der Waals surface area (Å²) in [7, 11) is 0. The molecule has 1 N–H and O–H groups in total. The fraction of sp³-hybridized carbons (Fsp3) is 0.364. The topological polar surface area (TPSA) is 93.5 Å². The predicted octanol–water partition coefficient (Wildman–Crippen LogP) is 2.32. The van der Waals surface area contributed by atoms with E-state index in [9.17, 15) is 14.4 Å². The average molecular weight is 410 g/mol. The van der Waals surface area contributed by atoms with Crippen molar-refractivity contribution in [3.05, 3.63) is 53.7 Å². The summed E-state index contributed by atoms with van der Waals surface area (Å²) >= 11 is 0. The normalized spacial score (nSPS) is 15.6. The van der Waals surface area contributed by atoms with Gasteiger partial charge in [0.05, 0.1) is 18.6 Å². The molecule has 1 aliphatic heterocycles. The number of amides is 3. The lowest BCUT2D eigenvalue weighted by Gasteiger charge is -2.25. The van der Waals surface area contributed by atoms with Gasteiger partial charge in [-0.15, -0.1) is 0 Å². The molecule has 8 nitrogen and oxygen atoms in total. The molecule has 2 aromatic rings. The predicted molar refractivity (Wildman–Crippen MR) is 111 cm³/mol. The van der Waals surface area contributed by atoms with Gasteiger partial charge in [0.2, 0.25) is 11.8 Å². The highest BCUT2D eigenvalue weighted by Gasteiger charge is 2.31. The number of ether oxygens (including phenoxy) is 1. The number of carbonyl (C=O) groups excluding carboxylic acids is 3. The van der Waals surface area contributed by atoms with Crippen LogP contribution in [0.4, 0.5) is 0 Å².